The second-order valence-corrected chi connectivity index (χ2v) is 19.5. The Bertz CT molecular complexity index is 3540. The van der Waals surface area contributed by atoms with E-state index in [4.69, 9.17) is 0 Å². The fraction of sp³-hybridized carbons (Fsp3) is 0.188. The van der Waals surface area contributed by atoms with Crippen LogP contribution in [-0.2, 0) is 5.41 Å². The minimum Gasteiger partial charge on any atom is -0.333 e. The largest absolute Gasteiger partial charge is 0.333 e. The van der Waals surface area contributed by atoms with E-state index >= 15 is 0 Å². The number of nitrogens with zero attached hydrogens (tertiary/aromatic N) is 6. The number of hydrogen-bond donors (Lipinski definition) is 0. The van der Waals surface area contributed by atoms with Crippen molar-refractivity contribution >= 4 is 61.6 Å². The average molecular weight is 907 g/mol. The summed E-state index contributed by atoms with van der Waals surface area (Å²) in [6.45, 7) is 8.62. The molecule has 7 aromatic rings. The van der Waals surface area contributed by atoms with Crippen LogP contribution >= 0.6 is 0 Å². The van der Waals surface area contributed by atoms with E-state index in [1.807, 2.05) is 37.3 Å². The summed E-state index contributed by atoms with van der Waals surface area (Å²) in [5, 5.41) is 22.2. The van der Waals surface area contributed by atoms with Gasteiger partial charge < -0.3 is 19.3 Å². The third-order valence-corrected chi connectivity index (χ3v) is 14.9. The summed E-state index contributed by atoms with van der Waals surface area (Å²) in [6.07, 6.45) is 22.9. The van der Waals surface area contributed by atoms with Crippen LogP contribution in [0.5, 0.6) is 0 Å². The van der Waals surface area contributed by atoms with Gasteiger partial charge in [0.25, 0.3) is 0 Å². The molecule has 0 amide bonds. The van der Waals surface area contributed by atoms with E-state index in [2.05, 4.69) is 228 Å². The average Bonchev–Trinajstić information content (AvgIpc) is 3.92. The molecule has 11 rings (SSSR count). The van der Waals surface area contributed by atoms with Gasteiger partial charge in [-0.05, 0) is 167 Å². The van der Waals surface area contributed by atoms with Crippen molar-refractivity contribution in [3.63, 3.8) is 0 Å². The predicted octanol–water partition coefficient (Wildman–Crippen LogP) is 16.0. The van der Waals surface area contributed by atoms with Gasteiger partial charge in [0.05, 0.1) is 46.1 Å². The van der Waals surface area contributed by atoms with E-state index in [0.717, 1.165) is 59.1 Å². The second kappa shape index (κ2) is 17.9. The fourth-order valence-corrected chi connectivity index (χ4v) is 10.9. The lowest BCUT2D eigenvalue weighted by Crippen LogP contribution is -2.28. The first-order chi connectivity index (χ1) is 34.2. The molecule has 1 aliphatic heterocycles. The maximum Gasteiger partial charge on any atom is 0.0991 e. The smallest absolute Gasteiger partial charge is 0.0991 e. The van der Waals surface area contributed by atoms with Gasteiger partial charge in [0.2, 0.25) is 0 Å². The summed E-state index contributed by atoms with van der Waals surface area (Å²) < 4.78 is 2.36. The molecule has 0 radical (unpaired) electrons. The van der Waals surface area contributed by atoms with Gasteiger partial charge in [0.15, 0.2) is 0 Å². The Hall–Kier alpha value is -8.50. The quantitative estimate of drug-likeness (QED) is 0.101. The summed E-state index contributed by atoms with van der Waals surface area (Å²) >= 11 is 0. The van der Waals surface area contributed by atoms with E-state index in [1.165, 1.54) is 44.3 Å². The Balaban J connectivity index is 0.933. The van der Waals surface area contributed by atoms with Crippen LogP contribution in [0.1, 0.15) is 76.0 Å². The van der Waals surface area contributed by atoms with Gasteiger partial charge in [0.1, 0.15) is 0 Å². The number of fused-ring (bicyclic) bond motifs is 6. The molecule has 6 aromatic carbocycles. The minimum absolute atomic E-state index is 0.0397. The van der Waals surface area contributed by atoms with Crippen molar-refractivity contribution in [2.24, 2.45) is 5.41 Å². The minimum atomic E-state index is -0.369. The zero-order chi connectivity index (χ0) is 48.0. The first-order valence-corrected chi connectivity index (χ1v) is 24.4. The van der Waals surface area contributed by atoms with Crippen LogP contribution in [-0.4, -0.2) is 10.6 Å². The molecule has 0 N–H and O–H groups in total. The van der Waals surface area contributed by atoms with Gasteiger partial charge in [-0.15, -0.1) is 0 Å². The summed E-state index contributed by atoms with van der Waals surface area (Å²) in [5.41, 5.74) is 14.8. The maximum atomic E-state index is 10.1. The third-order valence-electron chi connectivity index (χ3n) is 14.9. The van der Waals surface area contributed by atoms with Crippen molar-refractivity contribution in [1.29, 1.82) is 10.5 Å². The Kier molecular flexibility index (Phi) is 11.2. The molecule has 6 heteroatoms. The second-order valence-electron chi connectivity index (χ2n) is 19.5. The summed E-state index contributed by atoms with van der Waals surface area (Å²) in [4.78, 5) is 7.14. The number of aromatic nitrogens is 1. The molecular weight excluding hydrogens is 853 g/mol. The van der Waals surface area contributed by atoms with Gasteiger partial charge in [-0.2, -0.15) is 10.5 Å². The molecule has 2 heterocycles. The highest BCUT2D eigenvalue weighted by atomic mass is 15.2. The Labute approximate surface area is 412 Å². The van der Waals surface area contributed by atoms with Gasteiger partial charge in [0, 0.05) is 67.4 Å². The predicted molar refractivity (Wildman–Crippen MR) is 289 cm³/mol. The molecule has 6 nitrogen and oxygen atoms in total. The molecule has 1 aromatic heterocycles. The fourth-order valence-electron chi connectivity index (χ4n) is 10.9. The number of hydrogen-bond acceptors (Lipinski definition) is 5. The van der Waals surface area contributed by atoms with E-state index in [0.29, 0.717) is 12.0 Å². The summed E-state index contributed by atoms with van der Waals surface area (Å²) in [5.74, 6) is 6.86. The lowest BCUT2D eigenvalue weighted by molar-refractivity contribution is 0.390. The van der Waals surface area contributed by atoms with E-state index in [9.17, 15) is 10.5 Å². The number of rotatable bonds is 10. The summed E-state index contributed by atoms with van der Waals surface area (Å²) in [6, 6.07) is 54.9. The van der Waals surface area contributed by atoms with Gasteiger partial charge in [-0.25, -0.2) is 0 Å². The molecule has 4 atom stereocenters. The molecule has 0 spiro atoms. The van der Waals surface area contributed by atoms with E-state index < -0.39 is 0 Å². The Morgan fingerprint density at radius 2 is 1.47 bits per heavy atom. The highest BCUT2D eigenvalue weighted by Gasteiger charge is 2.39. The highest BCUT2D eigenvalue weighted by Crippen LogP contribution is 2.50. The molecule has 340 valence electrons. The van der Waals surface area contributed by atoms with Crippen LogP contribution in [0.4, 0.5) is 34.1 Å². The molecule has 3 aliphatic carbocycles. The Morgan fingerprint density at radius 1 is 0.757 bits per heavy atom. The van der Waals surface area contributed by atoms with Gasteiger partial charge in [-0.3, -0.25) is 0 Å². The van der Waals surface area contributed by atoms with Crippen LogP contribution in [0, 0.1) is 39.9 Å². The monoisotopic (exact) mass is 906 g/mol. The first kappa shape index (κ1) is 44.0. The SMILES string of the molecule is C/C=C\C=C(/C)n1c2ccccc2c2cc(N(C3=CCC(C)(C#N)CC3)c3ccc(C4(C)C=CC(N(c5ccc(C#N)cc5)c5ccc6c(c5)C5C#CC=CC5N6c5ccccc5)=CC4)cc3)ccc21. The normalized spacial score (nSPS) is 21.3. The maximum absolute atomic E-state index is 10.1. The number of allylic oxidation sites excluding steroid dienone is 10. The topological polar surface area (TPSA) is 62.2 Å². The summed E-state index contributed by atoms with van der Waals surface area (Å²) in [7, 11) is 0. The zero-order valence-electron chi connectivity index (χ0n) is 40.1. The number of anilines is 6. The van der Waals surface area contributed by atoms with Gasteiger partial charge >= 0.3 is 0 Å². The van der Waals surface area contributed by atoms with Crippen molar-refractivity contribution in [2.45, 2.75) is 70.8 Å². The lowest BCUT2D eigenvalue weighted by Gasteiger charge is -2.35. The Morgan fingerprint density at radius 3 is 2.20 bits per heavy atom. The van der Waals surface area contributed by atoms with Crippen molar-refractivity contribution in [1.82, 2.24) is 4.57 Å². The van der Waals surface area contributed by atoms with Crippen LogP contribution in [0.3, 0.4) is 0 Å². The number of benzene rings is 6. The third kappa shape index (κ3) is 7.71. The van der Waals surface area contributed by atoms with E-state index in [-0.39, 0.29) is 22.8 Å². The molecule has 4 unspecified atom stereocenters. The molecule has 70 heavy (non-hydrogen) atoms. The van der Waals surface area contributed by atoms with Crippen molar-refractivity contribution in [3.8, 4) is 24.0 Å². The lowest BCUT2D eigenvalue weighted by atomic mass is 9.76. The van der Waals surface area contributed by atoms with Crippen molar-refractivity contribution in [3.05, 3.63) is 222 Å². The molecule has 0 saturated carbocycles. The number of nitriles is 2. The highest BCUT2D eigenvalue weighted by molar-refractivity contribution is 6.11. The molecule has 0 saturated heterocycles. The zero-order valence-corrected chi connectivity index (χ0v) is 40.1. The first-order valence-electron chi connectivity index (χ1n) is 24.4. The molecule has 0 bridgehead atoms. The van der Waals surface area contributed by atoms with Crippen molar-refractivity contribution in [2.75, 3.05) is 14.7 Å². The number of para-hydroxylation sites is 2. The van der Waals surface area contributed by atoms with Gasteiger partial charge in [-0.1, -0.05) is 104 Å². The van der Waals surface area contributed by atoms with Crippen LogP contribution in [0.15, 0.2) is 206 Å². The molecule has 4 aliphatic rings. The molecule has 0 fully saturated rings. The standard InChI is InChI=1S/C64H54N6/c1-5-6-14-45(2)67-59-19-12-10-17-55(59)57-41-53(29-31-61(57)67)69(51-33-37-63(3,44-66)38-34-51)50-27-23-47(24-28-50)64(4)39-35-52(36-40-64)68(49-25-21-46(43-65)22-26-49)54-30-32-62-58(42-54)56-18-11-13-20-60(56)70(62)48-15-8-7-9-16-48/h5-10,12-17,19-33,35-36,39,41-42,56,60H,34,37-38,40H2,1-4H3/b6-5-,45-14+. The van der Waals surface area contributed by atoms with Crippen molar-refractivity contribution < 1.29 is 0 Å². The molecular formula is C64H54N6. The van der Waals surface area contributed by atoms with Crippen LogP contribution in [0.25, 0.3) is 27.5 Å². The van der Waals surface area contributed by atoms with E-state index in [1.54, 1.807) is 0 Å². The van der Waals surface area contributed by atoms with Crippen LogP contribution < -0.4 is 14.7 Å². The van der Waals surface area contributed by atoms with Crippen LogP contribution in [0.2, 0.25) is 0 Å².